The van der Waals surface area contributed by atoms with E-state index in [1.807, 2.05) is 12.1 Å². The van der Waals surface area contributed by atoms with Crippen LogP contribution in [0.4, 0.5) is 13.2 Å². The molecule has 20 heavy (non-hydrogen) atoms. The molecule has 1 aromatic carbocycles. The van der Waals surface area contributed by atoms with Crippen LogP contribution >= 0.6 is 0 Å². The molecule has 0 atom stereocenters. The van der Waals surface area contributed by atoms with E-state index in [1.54, 1.807) is 6.07 Å². The van der Waals surface area contributed by atoms with Gasteiger partial charge in [0, 0.05) is 12.1 Å². The third-order valence-corrected chi connectivity index (χ3v) is 3.16. The molecule has 0 heterocycles. The fourth-order valence-corrected chi connectivity index (χ4v) is 2.24. The topological polar surface area (TPSA) is 38.3 Å². The molecule has 1 aliphatic carbocycles. The van der Waals surface area contributed by atoms with Crippen LogP contribution in [0.25, 0.3) is 0 Å². The normalized spacial score (nSPS) is 14.2. The number of halogens is 3. The van der Waals surface area contributed by atoms with Crippen LogP contribution in [0.5, 0.6) is 0 Å². The Labute approximate surface area is 115 Å². The van der Waals surface area contributed by atoms with Gasteiger partial charge < -0.3 is 10.1 Å². The quantitative estimate of drug-likeness (QED) is 0.845. The summed E-state index contributed by atoms with van der Waals surface area (Å²) in [6.07, 6.45) is -1.21. The molecule has 0 bridgehead atoms. The van der Waals surface area contributed by atoms with E-state index in [2.05, 4.69) is 10.1 Å². The largest absolute Gasteiger partial charge is 0.411 e. The summed E-state index contributed by atoms with van der Waals surface area (Å²) in [5, 5.41) is 2.55. The van der Waals surface area contributed by atoms with E-state index in [1.165, 1.54) is 11.1 Å². The van der Waals surface area contributed by atoms with Crippen molar-refractivity contribution in [3.05, 3.63) is 34.9 Å². The minimum absolute atomic E-state index is 0.0615. The van der Waals surface area contributed by atoms with Gasteiger partial charge in [0.05, 0.1) is 6.61 Å². The number of aryl methyl sites for hydroxylation is 2. The molecular formula is C14H16F3NO2. The first-order valence-corrected chi connectivity index (χ1v) is 6.50. The van der Waals surface area contributed by atoms with Gasteiger partial charge in [-0.25, -0.2) is 0 Å². The Hall–Kier alpha value is -1.56. The lowest BCUT2D eigenvalue weighted by atomic mass is 10.1. The first-order valence-electron chi connectivity index (χ1n) is 6.50. The zero-order valence-electron chi connectivity index (χ0n) is 10.9. The second-order valence-corrected chi connectivity index (χ2v) is 4.76. The van der Waals surface area contributed by atoms with Gasteiger partial charge in [-0.1, -0.05) is 6.07 Å². The van der Waals surface area contributed by atoms with E-state index in [9.17, 15) is 18.0 Å². The summed E-state index contributed by atoms with van der Waals surface area (Å²) in [6.45, 7) is -1.39. The molecule has 0 unspecified atom stereocenters. The van der Waals surface area contributed by atoms with E-state index < -0.39 is 12.8 Å². The van der Waals surface area contributed by atoms with Crippen LogP contribution in [0.15, 0.2) is 18.2 Å². The lowest BCUT2D eigenvalue weighted by Gasteiger charge is -2.09. The molecule has 3 nitrogen and oxygen atoms in total. The molecule has 1 amide bonds. The van der Waals surface area contributed by atoms with Crippen LogP contribution in [0.2, 0.25) is 0 Å². The molecule has 0 saturated carbocycles. The van der Waals surface area contributed by atoms with Crippen LogP contribution in [0, 0.1) is 0 Å². The van der Waals surface area contributed by atoms with Crippen LogP contribution in [0.1, 0.15) is 27.9 Å². The van der Waals surface area contributed by atoms with E-state index in [0.717, 1.165) is 19.3 Å². The zero-order valence-corrected chi connectivity index (χ0v) is 10.9. The lowest BCUT2D eigenvalue weighted by molar-refractivity contribution is -0.173. The fraction of sp³-hybridized carbons (Fsp3) is 0.500. The smallest absolute Gasteiger partial charge is 0.370 e. The summed E-state index contributed by atoms with van der Waals surface area (Å²) < 4.78 is 39.9. The highest BCUT2D eigenvalue weighted by molar-refractivity contribution is 5.94. The molecule has 2 rings (SSSR count). The molecule has 0 aliphatic heterocycles. The Morgan fingerprint density at radius 2 is 2.00 bits per heavy atom. The summed E-state index contributed by atoms with van der Waals surface area (Å²) in [5.41, 5.74) is 3.00. The van der Waals surface area contributed by atoms with Crippen LogP contribution < -0.4 is 5.32 Å². The molecule has 6 heteroatoms. The van der Waals surface area contributed by atoms with Crippen LogP contribution in [0.3, 0.4) is 0 Å². The molecule has 1 aromatic rings. The van der Waals surface area contributed by atoms with Crippen molar-refractivity contribution in [1.82, 2.24) is 5.32 Å². The molecule has 0 spiro atoms. The Bertz CT molecular complexity index is 486. The van der Waals surface area contributed by atoms with Gasteiger partial charge in [-0.2, -0.15) is 13.2 Å². The van der Waals surface area contributed by atoms with Gasteiger partial charge in [-0.3, -0.25) is 4.79 Å². The number of fused-ring (bicyclic) bond motifs is 1. The summed E-state index contributed by atoms with van der Waals surface area (Å²) in [7, 11) is 0. The number of benzene rings is 1. The summed E-state index contributed by atoms with van der Waals surface area (Å²) in [6, 6.07) is 5.54. The van der Waals surface area contributed by atoms with Crippen LogP contribution in [-0.2, 0) is 17.6 Å². The van der Waals surface area contributed by atoms with Gasteiger partial charge in [0.2, 0.25) is 0 Å². The first-order chi connectivity index (χ1) is 9.46. The molecule has 110 valence electrons. The van der Waals surface area contributed by atoms with Gasteiger partial charge in [-0.05, 0) is 42.5 Å². The van der Waals surface area contributed by atoms with Crippen molar-refractivity contribution >= 4 is 5.91 Å². The fourth-order valence-electron chi connectivity index (χ4n) is 2.24. The average molecular weight is 287 g/mol. The number of hydrogen-bond acceptors (Lipinski definition) is 2. The number of carbonyl (C=O) groups is 1. The van der Waals surface area contributed by atoms with E-state index in [-0.39, 0.29) is 19.1 Å². The highest BCUT2D eigenvalue weighted by atomic mass is 19.4. The first kappa shape index (κ1) is 14.8. The average Bonchev–Trinajstić information content (AvgIpc) is 2.83. The highest BCUT2D eigenvalue weighted by Gasteiger charge is 2.27. The van der Waals surface area contributed by atoms with Gasteiger partial charge in [0.15, 0.2) is 0 Å². The Morgan fingerprint density at radius 1 is 1.25 bits per heavy atom. The Balaban J connectivity index is 1.75. The van der Waals surface area contributed by atoms with Crippen LogP contribution in [-0.4, -0.2) is 31.8 Å². The number of rotatable bonds is 5. The summed E-state index contributed by atoms with van der Waals surface area (Å²) in [5.74, 6) is -0.282. The molecule has 0 aromatic heterocycles. The highest BCUT2D eigenvalue weighted by Crippen LogP contribution is 2.22. The van der Waals surface area contributed by atoms with Crippen molar-refractivity contribution < 1.29 is 22.7 Å². The maximum absolute atomic E-state index is 11.8. The molecule has 1 N–H and O–H groups in total. The molecular weight excluding hydrogens is 271 g/mol. The monoisotopic (exact) mass is 287 g/mol. The second kappa shape index (κ2) is 6.26. The van der Waals surface area contributed by atoms with Crippen molar-refractivity contribution in [1.29, 1.82) is 0 Å². The minimum atomic E-state index is -4.33. The maximum atomic E-state index is 11.8. The second-order valence-electron chi connectivity index (χ2n) is 4.76. The number of amides is 1. The van der Waals surface area contributed by atoms with E-state index >= 15 is 0 Å². The Kier molecular flexibility index (Phi) is 4.65. The van der Waals surface area contributed by atoms with E-state index in [0.29, 0.717) is 5.56 Å². The summed E-state index contributed by atoms with van der Waals surface area (Å²) >= 11 is 0. The third kappa shape index (κ3) is 4.23. The molecule has 1 aliphatic rings. The predicted octanol–water partition coefficient (Wildman–Crippen LogP) is 2.48. The Morgan fingerprint density at radius 3 is 2.75 bits per heavy atom. The summed E-state index contributed by atoms with van der Waals surface area (Å²) in [4.78, 5) is 11.8. The van der Waals surface area contributed by atoms with Crippen molar-refractivity contribution in [2.24, 2.45) is 0 Å². The number of nitrogens with one attached hydrogen (secondary N) is 1. The van der Waals surface area contributed by atoms with Gasteiger partial charge in [0.1, 0.15) is 6.61 Å². The number of ether oxygens (including phenoxy) is 1. The minimum Gasteiger partial charge on any atom is -0.370 e. The van der Waals surface area contributed by atoms with Crippen molar-refractivity contribution in [2.75, 3.05) is 19.8 Å². The molecule has 0 radical (unpaired) electrons. The van der Waals surface area contributed by atoms with E-state index in [4.69, 9.17) is 0 Å². The third-order valence-electron chi connectivity index (χ3n) is 3.16. The van der Waals surface area contributed by atoms with Crippen molar-refractivity contribution in [2.45, 2.75) is 25.4 Å². The maximum Gasteiger partial charge on any atom is 0.411 e. The SMILES string of the molecule is O=C(NCCOCC(F)(F)F)c1ccc2c(c1)CCC2. The van der Waals surface area contributed by atoms with Gasteiger partial charge >= 0.3 is 6.18 Å². The number of hydrogen-bond donors (Lipinski definition) is 1. The van der Waals surface area contributed by atoms with Crippen molar-refractivity contribution in [3.8, 4) is 0 Å². The van der Waals surface area contributed by atoms with Crippen molar-refractivity contribution in [3.63, 3.8) is 0 Å². The number of carbonyl (C=O) groups excluding carboxylic acids is 1. The molecule has 0 fully saturated rings. The van der Waals surface area contributed by atoms with Gasteiger partial charge in [0.25, 0.3) is 5.91 Å². The lowest BCUT2D eigenvalue weighted by Crippen LogP contribution is -2.28. The predicted molar refractivity (Wildman–Crippen MR) is 67.7 cm³/mol. The standard InChI is InChI=1S/C14H16F3NO2/c15-14(16,17)9-20-7-6-18-13(19)12-5-4-10-2-1-3-11(10)8-12/h4-5,8H,1-3,6-7,9H2,(H,18,19). The number of alkyl halides is 3. The zero-order chi connectivity index (χ0) is 14.6. The van der Waals surface area contributed by atoms with Gasteiger partial charge in [-0.15, -0.1) is 0 Å². The molecule has 0 saturated heterocycles.